The number of thioether (sulfide) groups is 1. The molecule has 0 saturated heterocycles. The molecule has 1 aliphatic rings. The van der Waals surface area contributed by atoms with Crippen molar-refractivity contribution in [1.82, 2.24) is 0 Å². The molecule has 0 bridgehead atoms. The molecule has 2 N–H and O–H groups in total. The van der Waals surface area contributed by atoms with E-state index in [-0.39, 0.29) is 0 Å². The van der Waals surface area contributed by atoms with Crippen LogP contribution in [0.4, 0.5) is 0 Å². The Morgan fingerprint density at radius 2 is 1.79 bits per heavy atom. The van der Waals surface area contributed by atoms with Gasteiger partial charge in [-0.1, -0.05) is 18.6 Å². The monoisotopic (exact) mass is 208 g/mol. The quantitative estimate of drug-likeness (QED) is 0.728. The predicted molar refractivity (Wildman–Crippen MR) is 59.8 cm³/mol. The van der Waals surface area contributed by atoms with Crippen LogP contribution in [0, 0.1) is 0 Å². The lowest BCUT2D eigenvalue weighted by molar-refractivity contribution is 0.426. The van der Waals surface area contributed by atoms with Gasteiger partial charge < -0.3 is 10.0 Å². The molecule has 0 aliphatic heterocycles. The number of hydrogen-bond acceptors (Lipinski definition) is 3. The van der Waals surface area contributed by atoms with Gasteiger partial charge in [-0.05, 0) is 30.4 Å². The van der Waals surface area contributed by atoms with E-state index in [1.54, 1.807) is 12.1 Å². The summed E-state index contributed by atoms with van der Waals surface area (Å²) in [5.74, 6) is 0. The maximum Gasteiger partial charge on any atom is 0.488 e. The normalized spacial score (nSPS) is 16.4. The van der Waals surface area contributed by atoms with Crippen LogP contribution < -0.4 is 5.46 Å². The molecule has 2 rings (SSSR count). The molecule has 2 nitrogen and oxygen atoms in total. The zero-order valence-corrected chi connectivity index (χ0v) is 8.70. The Hall–Kier alpha value is -0.445. The van der Waals surface area contributed by atoms with Crippen molar-refractivity contribution in [2.75, 3.05) is 0 Å². The van der Waals surface area contributed by atoms with Gasteiger partial charge in [0.2, 0.25) is 0 Å². The molecule has 0 spiro atoms. The molecule has 1 saturated carbocycles. The molecule has 1 aliphatic carbocycles. The largest absolute Gasteiger partial charge is 0.488 e. The molecule has 1 fully saturated rings. The highest BCUT2D eigenvalue weighted by Crippen LogP contribution is 2.35. The van der Waals surface area contributed by atoms with Crippen LogP contribution in [0.15, 0.2) is 29.2 Å². The minimum Gasteiger partial charge on any atom is -0.423 e. The fourth-order valence-corrected chi connectivity index (χ4v) is 2.65. The molecule has 0 unspecified atom stereocenters. The van der Waals surface area contributed by atoms with Gasteiger partial charge in [-0.2, -0.15) is 0 Å². The van der Waals surface area contributed by atoms with Crippen molar-refractivity contribution >= 4 is 24.3 Å². The second-order valence-electron chi connectivity index (χ2n) is 3.61. The number of rotatable bonds is 3. The van der Waals surface area contributed by atoms with Gasteiger partial charge in [0.15, 0.2) is 0 Å². The lowest BCUT2D eigenvalue weighted by Gasteiger charge is -2.24. The van der Waals surface area contributed by atoms with Crippen molar-refractivity contribution in [2.45, 2.75) is 29.4 Å². The van der Waals surface area contributed by atoms with Crippen LogP contribution in [0.1, 0.15) is 19.3 Å². The molecule has 1 aromatic rings. The summed E-state index contributed by atoms with van der Waals surface area (Å²) in [5, 5.41) is 18.6. The van der Waals surface area contributed by atoms with Gasteiger partial charge in [0.1, 0.15) is 0 Å². The maximum atomic E-state index is 8.90. The summed E-state index contributed by atoms with van der Waals surface area (Å²) in [6, 6.07) is 7.45. The molecule has 0 aromatic heterocycles. The van der Waals surface area contributed by atoms with Gasteiger partial charge in [0.25, 0.3) is 0 Å². The fraction of sp³-hybridized carbons (Fsp3) is 0.400. The Bertz CT molecular complexity index is 295. The van der Waals surface area contributed by atoms with Crippen LogP contribution in [0.2, 0.25) is 0 Å². The van der Waals surface area contributed by atoms with Crippen LogP contribution in [0.5, 0.6) is 0 Å². The topological polar surface area (TPSA) is 40.5 Å². The molecule has 74 valence electrons. The first-order valence-corrected chi connectivity index (χ1v) is 5.76. The number of hydrogen-bond donors (Lipinski definition) is 2. The second kappa shape index (κ2) is 4.38. The van der Waals surface area contributed by atoms with Crippen molar-refractivity contribution in [3.63, 3.8) is 0 Å². The summed E-state index contributed by atoms with van der Waals surface area (Å²) in [7, 11) is -1.35. The van der Waals surface area contributed by atoms with E-state index in [2.05, 4.69) is 0 Å². The van der Waals surface area contributed by atoms with Crippen LogP contribution in [0.3, 0.4) is 0 Å². The Morgan fingerprint density at radius 1 is 1.14 bits per heavy atom. The summed E-state index contributed by atoms with van der Waals surface area (Å²) in [6.45, 7) is 0. The average molecular weight is 208 g/mol. The molecule has 0 atom stereocenters. The lowest BCUT2D eigenvalue weighted by Crippen LogP contribution is -2.29. The Morgan fingerprint density at radius 3 is 2.21 bits per heavy atom. The average Bonchev–Trinajstić information content (AvgIpc) is 2.12. The molecule has 0 radical (unpaired) electrons. The van der Waals surface area contributed by atoms with E-state index in [0.717, 1.165) is 5.25 Å². The minimum absolute atomic E-state index is 0.558. The zero-order valence-electron chi connectivity index (χ0n) is 7.89. The summed E-state index contributed by atoms with van der Waals surface area (Å²) in [5.41, 5.74) is 0.558. The molecule has 14 heavy (non-hydrogen) atoms. The first-order valence-electron chi connectivity index (χ1n) is 4.88. The predicted octanol–water partition coefficient (Wildman–Crippen LogP) is 1.01. The number of benzene rings is 1. The van der Waals surface area contributed by atoms with Crippen LogP contribution in [-0.2, 0) is 0 Å². The van der Waals surface area contributed by atoms with Gasteiger partial charge in [-0.25, -0.2) is 0 Å². The molecular formula is C10H13BO2S. The van der Waals surface area contributed by atoms with Gasteiger partial charge in [-0.15, -0.1) is 11.8 Å². The lowest BCUT2D eigenvalue weighted by atomic mass is 9.81. The van der Waals surface area contributed by atoms with Gasteiger partial charge in [0, 0.05) is 10.1 Å². The Balaban J connectivity index is 1.98. The van der Waals surface area contributed by atoms with Crippen molar-refractivity contribution in [3.05, 3.63) is 24.3 Å². The van der Waals surface area contributed by atoms with Gasteiger partial charge in [0.05, 0.1) is 0 Å². The third kappa shape index (κ3) is 2.32. The highest BCUT2D eigenvalue weighted by atomic mass is 32.2. The highest BCUT2D eigenvalue weighted by molar-refractivity contribution is 8.00. The van der Waals surface area contributed by atoms with Crippen LogP contribution >= 0.6 is 11.8 Å². The van der Waals surface area contributed by atoms with Gasteiger partial charge in [-0.3, -0.25) is 0 Å². The summed E-state index contributed by atoms with van der Waals surface area (Å²) < 4.78 is 0. The SMILES string of the molecule is OB(O)c1ccc(SC2CCC2)cc1. The molecule has 1 aromatic carbocycles. The molecule has 4 heteroatoms. The van der Waals surface area contributed by atoms with Crippen molar-refractivity contribution in [2.24, 2.45) is 0 Å². The van der Waals surface area contributed by atoms with Crippen LogP contribution in [0.25, 0.3) is 0 Å². The smallest absolute Gasteiger partial charge is 0.423 e. The van der Waals surface area contributed by atoms with Crippen LogP contribution in [-0.4, -0.2) is 22.4 Å². The first-order chi connectivity index (χ1) is 6.75. The third-order valence-electron chi connectivity index (χ3n) is 2.53. The van der Waals surface area contributed by atoms with E-state index >= 15 is 0 Å². The first kappa shape index (κ1) is 10.1. The third-order valence-corrected chi connectivity index (χ3v) is 3.88. The van der Waals surface area contributed by atoms with E-state index < -0.39 is 7.12 Å². The Kier molecular flexibility index (Phi) is 3.16. The van der Waals surface area contributed by atoms with E-state index in [4.69, 9.17) is 10.0 Å². The molecule has 0 amide bonds. The zero-order chi connectivity index (χ0) is 9.97. The summed E-state index contributed by atoms with van der Waals surface area (Å²) >= 11 is 1.89. The van der Waals surface area contributed by atoms with Crippen molar-refractivity contribution in [3.8, 4) is 0 Å². The fourth-order valence-electron chi connectivity index (χ4n) is 1.40. The summed E-state index contributed by atoms with van der Waals surface area (Å²) in [6.07, 6.45) is 3.98. The highest BCUT2D eigenvalue weighted by Gasteiger charge is 2.18. The maximum absolute atomic E-state index is 8.90. The van der Waals surface area contributed by atoms with E-state index in [1.807, 2.05) is 23.9 Å². The van der Waals surface area contributed by atoms with E-state index in [1.165, 1.54) is 24.2 Å². The minimum atomic E-state index is -1.35. The van der Waals surface area contributed by atoms with E-state index in [0.29, 0.717) is 5.46 Å². The summed E-state index contributed by atoms with van der Waals surface area (Å²) in [4.78, 5) is 1.22. The molecule has 0 heterocycles. The van der Waals surface area contributed by atoms with Crippen molar-refractivity contribution in [1.29, 1.82) is 0 Å². The van der Waals surface area contributed by atoms with Crippen molar-refractivity contribution < 1.29 is 10.0 Å². The van der Waals surface area contributed by atoms with Gasteiger partial charge >= 0.3 is 7.12 Å². The van der Waals surface area contributed by atoms with E-state index in [9.17, 15) is 0 Å². The molecular weight excluding hydrogens is 195 g/mol. The Labute approximate surface area is 88.5 Å². The standard InChI is InChI=1S/C10H13BO2S/c12-11(13)8-4-6-10(7-5-8)14-9-2-1-3-9/h4-7,9,12-13H,1-3H2. The second-order valence-corrected chi connectivity index (χ2v) is 4.99.